The Bertz CT molecular complexity index is 1400. The number of carbonyl (C=O) groups is 3. The summed E-state index contributed by atoms with van der Waals surface area (Å²) in [7, 11) is 6.26. The molecule has 202 valence electrons. The molecule has 1 saturated heterocycles. The molecule has 2 aliphatic heterocycles. The Morgan fingerprint density at radius 1 is 1.25 bits per heavy atom. The van der Waals surface area contributed by atoms with E-state index < -0.39 is 6.03 Å². The zero-order valence-electron chi connectivity index (χ0n) is 23.2. The lowest BCUT2D eigenvalue weighted by molar-refractivity contribution is -0.136. The monoisotopic (exact) mass is 536 g/mol. The van der Waals surface area contributed by atoms with Crippen molar-refractivity contribution < 1.29 is 14.4 Å². The first kappa shape index (κ1) is 28.7. The molecule has 3 amide bonds. The van der Waals surface area contributed by atoms with Crippen molar-refractivity contribution in [3.63, 3.8) is 0 Å². The van der Waals surface area contributed by atoms with Crippen LogP contribution < -0.4 is 15.5 Å². The summed E-state index contributed by atoms with van der Waals surface area (Å²) in [5.74, 6) is 3.22. The van der Waals surface area contributed by atoms with E-state index in [2.05, 4.69) is 61.0 Å². The smallest absolute Gasteiger partial charge is 0.328 e. The summed E-state index contributed by atoms with van der Waals surface area (Å²) in [6, 6.07) is 5.10. The quantitative estimate of drug-likeness (QED) is 0.185. The van der Waals surface area contributed by atoms with E-state index in [1.807, 2.05) is 6.07 Å². The Hall–Kier alpha value is -4.29. The van der Waals surface area contributed by atoms with Gasteiger partial charge in [0.2, 0.25) is 5.91 Å². The normalized spacial score (nSPS) is 15.5. The summed E-state index contributed by atoms with van der Waals surface area (Å²) in [5, 5.41) is 15.1. The number of aryl methyl sites for hydroxylation is 1. The first-order valence-corrected chi connectivity index (χ1v) is 13.3. The first-order chi connectivity index (χ1) is 19.1. The number of hydrogen-bond acceptors (Lipinski definition) is 8. The number of urea groups is 1. The number of piperazine rings is 1. The minimum atomic E-state index is -0.446. The third-order valence-electron chi connectivity index (χ3n) is 7.10. The van der Waals surface area contributed by atoms with Crippen LogP contribution in [0, 0.1) is 23.7 Å². The first-order valence-electron chi connectivity index (χ1n) is 13.3. The Kier molecular flexibility index (Phi) is 8.81. The van der Waals surface area contributed by atoms with Crippen LogP contribution in [0.2, 0.25) is 0 Å². The van der Waals surface area contributed by atoms with E-state index in [9.17, 15) is 19.6 Å². The molecule has 1 fully saturated rings. The van der Waals surface area contributed by atoms with Gasteiger partial charge in [0.15, 0.2) is 6.29 Å². The van der Waals surface area contributed by atoms with Gasteiger partial charge in [-0.1, -0.05) is 5.24 Å². The molecule has 0 saturated carbocycles. The average molecular weight is 536 g/mol. The van der Waals surface area contributed by atoms with Gasteiger partial charge in [-0.15, -0.1) is 12.3 Å². The van der Waals surface area contributed by atoms with E-state index in [0.29, 0.717) is 80.9 Å². The molecule has 0 bridgehead atoms. The highest BCUT2D eigenvalue weighted by molar-refractivity contribution is 6.59. The standard InChI is InChI=1S/C26H31B3N8O3/c1-2-3-6-31-20-11-22(32-13-19(20)12-30)34-25(40)37-7-4-5-17-10-18(21(16-38)33-24(17)37)14-35-8-9-36(15-23(35)39)26(27,28)29/h1,10-11,13,16H,3-9,14-15,27-29H2,(H2,31,32,34,40). The summed E-state index contributed by atoms with van der Waals surface area (Å²) >= 11 is 0. The lowest BCUT2D eigenvalue weighted by Gasteiger charge is -2.42. The molecule has 0 spiro atoms. The number of anilines is 3. The van der Waals surface area contributed by atoms with Gasteiger partial charge in [-0.05, 0) is 24.5 Å². The lowest BCUT2D eigenvalue weighted by Crippen LogP contribution is -2.60. The molecule has 0 aromatic carbocycles. The van der Waals surface area contributed by atoms with Crippen molar-refractivity contribution in [2.75, 3.05) is 48.3 Å². The molecule has 0 unspecified atom stereocenters. The molecular weight excluding hydrogens is 505 g/mol. The summed E-state index contributed by atoms with van der Waals surface area (Å²) in [6.07, 6.45) is 9.25. The molecule has 40 heavy (non-hydrogen) atoms. The maximum absolute atomic E-state index is 13.3. The number of hydrogen-bond donors (Lipinski definition) is 2. The van der Waals surface area contributed by atoms with Crippen molar-refractivity contribution in [2.24, 2.45) is 0 Å². The van der Waals surface area contributed by atoms with Crippen molar-refractivity contribution in [1.29, 1.82) is 5.26 Å². The Labute approximate surface area is 236 Å². The third-order valence-corrected chi connectivity index (χ3v) is 7.10. The summed E-state index contributed by atoms with van der Waals surface area (Å²) in [5.41, 5.74) is 2.57. The topological polar surface area (TPSA) is 135 Å². The second-order valence-corrected chi connectivity index (χ2v) is 10.8. The number of terminal acetylenes is 1. The van der Waals surface area contributed by atoms with Crippen LogP contribution in [-0.2, 0) is 17.8 Å². The van der Waals surface area contributed by atoms with Crippen LogP contribution in [0.3, 0.4) is 0 Å². The largest absolute Gasteiger partial charge is 0.383 e. The van der Waals surface area contributed by atoms with E-state index in [1.54, 1.807) is 11.0 Å². The van der Waals surface area contributed by atoms with Gasteiger partial charge in [0.25, 0.3) is 0 Å². The fourth-order valence-electron chi connectivity index (χ4n) is 4.84. The van der Waals surface area contributed by atoms with Crippen LogP contribution in [0.5, 0.6) is 0 Å². The van der Waals surface area contributed by atoms with Gasteiger partial charge in [0, 0.05) is 57.0 Å². The Morgan fingerprint density at radius 2 is 2.05 bits per heavy atom. The summed E-state index contributed by atoms with van der Waals surface area (Å²) in [4.78, 5) is 52.4. The maximum Gasteiger partial charge on any atom is 0.328 e. The number of nitrogens with zero attached hydrogens (tertiary/aromatic N) is 6. The number of amides is 3. The second kappa shape index (κ2) is 12.3. The van der Waals surface area contributed by atoms with Crippen LogP contribution in [0.15, 0.2) is 18.3 Å². The number of fused-ring (bicyclic) bond motifs is 1. The summed E-state index contributed by atoms with van der Waals surface area (Å²) in [6.45, 7) is 2.83. The second-order valence-electron chi connectivity index (χ2n) is 10.8. The van der Waals surface area contributed by atoms with E-state index in [0.717, 1.165) is 12.1 Å². The molecule has 2 N–H and O–H groups in total. The fourth-order valence-corrected chi connectivity index (χ4v) is 4.84. The van der Waals surface area contributed by atoms with Crippen LogP contribution >= 0.6 is 0 Å². The van der Waals surface area contributed by atoms with Gasteiger partial charge in [0.1, 0.15) is 46.9 Å². The number of nitriles is 1. The molecule has 2 aromatic heterocycles. The fraction of sp³-hybridized carbons (Fsp3) is 0.385. The molecule has 11 nitrogen and oxygen atoms in total. The lowest BCUT2D eigenvalue weighted by atomic mass is 9.48. The van der Waals surface area contributed by atoms with Crippen LogP contribution in [-0.4, -0.2) is 99.5 Å². The van der Waals surface area contributed by atoms with Crippen molar-refractivity contribution >= 4 is 59.1 Å². The molecule has 14 heteroatoms. The third kappa shape index (κ3) is 6.46. The molecule has 0 aliphatic carbocycles. The number of aromatic nitrogens is 2. The Morgan fingerprint density at radius 3 is 2.73 bits per heavy atom. The number of aldehydes is 1. The van der Waals surface area contributed by atoms with Gasteiger partial charge >= 0.3 is 6.03 Å². The zero-order valence-corrected chi connectivity index (χ0v) is 23.2. The van der Waals surface area contributed by atoms with E-state index in [-0.39, 0.29) is 22.7 Å². The van der Waals surface area contributed by atoms with Gasteiger partial charge in [-0.3, -0.25) is 19.8 Å². The van der Waals surface area contributed by atoms with Crippen LogP contribution in [0.25, 0.3) is 0 Å². The molecule has 2 aliphatic rings. The molecular formula is C26H31B3N8O3. The number of carbonyl (C=O) groups excluding carboxylic acids is 3. The average Bonchev–Trinajstić information content (AvgIpc) is 2.93. The predicted octanol–water partition coefficient (Wildman–Crippen LogP) is -1.26. The highest BCUT2D eigenvalue weighted by Crippen LogP contribution is 2.29. The highest BCUT2D eigenvalue weighted by Gasteiger charge is 2.32. The number of pyridine rings is 2. The van der Waals surface area contributed by atoms with Gasteiger partial charge in [-0.2, -0.15) is 5.26 Å². The molecule has 4 heterocycles. The van der Waals surface area contributed by atoms with Crippen molar-refractivity contribution in [3.05, 3.63) is 40.7 Å². The highest BCUT2D eigenvalue weighted by atomic mass is 16.2. The van der Waals surface area contributed by atoms with Crippen LogP contribution in [0.4, 0.5) is 22.1 Å². The van der Waals surface area contributed by atoms with Crippen molar-refractivity contribution in [1.82, 2.24) is 19.8 Å². The van der Waals surface area contributed by atoms with Crippen molar-refractivity contribution in [2.45, 2.75) is 31.0 Å². The van der Waals surface area contributed by atoms with E-state index >= 15 is 0 Å². The molecule has 0 radical (unpaired) electrons. The molecule has 4 rings (SSSR count). The van der Waals surface area contributed by atoms with Gasteiger partial charge in [0.05, 0.1) is 17.8 Å². The molecule has 2 aromatic rings. The summed E-state index contributed by atoms with van der Waals surface area (Å²) < 4.78 is 0. The van der Waals surface area contributed by atoms with Gasteiger partial charge in [-0.25, -0.2) is 14.8 Å². The number of nitrogens with one attached hydrogen (secondary N) is 2. The minimum Gasteiger partial charge on any atom is -0.383 e. The maximum atomic E-state index is 13.3. The predicted molar refractivity (Wildman–Crippen MR) is 161 cm³/mol. The van der Waals surface area contributed by atoms with Crippen LogP contribution in [0.1, 0.15) is 40.0 Å². The van der Waals surface area contributed by atoms with E-state index in [1.165, 1.54) is 11.1 Å². The number of rotatable bonds is 8. The SMILES string of the molecule is BC(B)(B)N1CCN(Cc2cc3c(nc2C=O)N(C(=O)Nc2cc(NCCC#C)c(C#N)cn2)CCC3)C(=O)C1. The molecule has 0 atom stereocenters. The Balaban J connectivity index is 1.51. The minimum absolute atomic E-state index is 0.0137. The van der Waals surface area contributed by atoms with Crippen molar-refractivity contribution in [3.8, 4) is 18.4 Å². The van der Waals surface area contributed by atoms with Gasteiger partial charge < -0.3 is 15.1 Å². The zero-order chi connectivity index (χ0) is 28.9. The van der Waals surface area contributed by atoms with E-state index in [4.69, 9.17) is 6.42 Å².